The van der Waals surface area contributed by atoms with Crippen LogP contribution in [0.4, 0.5) is 0 Å². The predicted octanol–water partition coefficient (Wildman–Crippen LogP) is 4.17. The van der Waals surface area contributed by atoms with Crippen LogP contribution >= 0.6 is 23.2 Å². The molecule has 0 spiro atoms. The number of hydrogen-bond acceptors (Lipinski definition) is 2. The van der Waals surface area contributed by atoms with E-state index in [1.807, 2.05) is 20.8 Å². The van der Waals surface area contributed by atoms with E-state index in [9.17, 15) is 9.90 Å². The van der Waals surface area contributed by atoms with Crippen LogP contribution in [0.5, 0.6) is 0 Å². The lowest BCUT2D eigenvalue weighted by molar-refractivity contribution is 0.0690. The lowest BCUT2D eigenvalue weighted by Crippen LogP contribution is -2.18. The van der Waals surface area contributed by atoms with Crippen LogP contribution in [0.2, 0.25) is 10.0 Å². The van der Waals surface area contributed by atoms with E-state index in [-0.39, 0.29) is 16.1 Å². The van der Waals surface area contributed by atoms with Crippen molar-refractivity contribution in [3.8, 4) is 5.69 Å². The topological polar surface area (TPSA) is 55.1 Å². The average molecular weight is 313 g/mol. The Balaban J connectivity index is 2.75. The summed E-state index contributed by atoms with van der Waals surface area (Å²) in [5.74, 6) is -1.15. The van der Waals surface area contributed by atoms with Gasteiger partial charge in [0.1, 0.15) is 0 Å². The number of carboxylic acids is 1. The Morgan fingerprint density at radius 1 is 1.30 bits per heavy atom. The van der Waals surface area contributed by atoms with Crippen LogP contribution in [0, 0.1) is 0 Å². The minimum absolute atomic E-state index is 0.156. The quantitative estimate of drug-likeness (QED) is 0.905. The summed E-state index contributed by atoms with van der Waals surface area (Å²) in [4.78, 5) is 11.2. The van der Waals surface area contributed by atoms with Crippen LogP contribution in [0.1, 0.15) is 37.0 Å². The Labute approximate surface area is 126 Å². The molecule has 1 heterocycles. The third-order valence-corrected chi connectivity index (χ3v) is 3.39. The van der Waals surface area contributed by atoms with E-state index < -0.39 is 5.97 Å². The standard InChI is InChI=1S/C14H14Cl2N2O2/c1-14(2,3)12-10(16)11(13(19)20)17-18(12)9-6-4-5-8(15)7-9/h4-7H,1-3H3,(H,19,20). The maximum absolute atomic E-state index is 11.2. The van der Waals surface area contributed by atoms with E-state index in [0.29, 0.717) is 16.4 Å². The van der Waals surface area contributed by atoms with Gasteiger partial charge in [-0.25, -0.2) is 9.48 Å². The molecule has 6 heteroatoms. The fourth-order valence-electron chi connectivity index (χ4n) is 1.98. The molecule has 0 aliphatic heterocycles. The first-order valence-corrected chi connectivity index (χ1v) is 6.75. The van der Waals surface area contributed by atoms with E-state index >= 15 is 0 Å². The van der Waals surface area contributed by atoms with Gasteiger partial charge in [-0.2, -0.15) is 5.10 Å². The molecule has 0 fully saturated rings. The highest BCUT2D eigenvalue weighted by Crippen LogP contribution is 2.34. The minimum atomic E-state index is -1.15. The molecule has 1 aromatic heterocycles. The SMILES string of the molecule is CC(C)(C)c1c(Cl)c(C(=O)O)nn1-c1cccc(Cl)c1. The molecule has 0 unspecified atom stereocenters. The lowest BCUT2D eigenvalue weighted by atomic mass is 9.91. The van der Waals surface area contributed by atoms with E-state index in [1.54, 1.807) is 24.3 Å². The third kappa shape index (κ3) is 2.67. The van der Waals surface area contributed by atoms with E-state index in [0.717, 1.165) is 0 Å². The second-order valence-corrected chi connectivity index (χ2v) is 6.27. The lowest BCUT2D eigenvalue weighted by Gasteiger charge is -2.21. The highest BCUT2D eigenvalue weighted by Gasteiger charge is 2.29. The first kappa shape index (κ1) is 14.9. The fourth-order valence-corrected chi connectivity index (χ4v) is 2.64. The molecule has 0 amide bonds. The van der Waals surface area contributed by atoms with Gasteiger partial charge in [-0.15, -0.1) is 0 Å². The Bertz CT molecular complexity index is 672. The summed E-state index contributed by atoms with van der Waals surface area (Å²) in [5, 5.41) is 14.0. The number of carboxylic acid groups (broad SMARTS) is 1. The second kappa shape index (κ2) is 5.11. The Kier molecular flexibility index (Phi) is 3.80. The van der Waals surface area contributed by atoms with Crippen molar-refractivity contribution in [3.05, 3.63) is 45.7 Å². The van der Waals surface area contributed by atoms with E-state index in [4.69, 9.17) is 23.2 Å². The maximum Gasteiger partial charge on any atom is 0.358 e. The normalized spacial score (nSPS) is 11.7. The largest absolute Gasteiger partial charge is 0.476 e. The van der Waals surface area contributed by atoms with Crippen molar-refractivity contribution in [3.63, 3.8) is 0 Å². The van der Waals surface area contributed by atoms with Gasteiger partial charge in [-0.05, 0) is 18.2 Å². The maximum atomic E-state index is 11.2. The summed E-state index contributed by atoms with van der Waals surface area (Å²) >= 11 is 12.2. The fraction of sp³-hybridized carbons (Fsp3) is 0.286. The molecule has 0 saturated carbocycles. The molecule has 1 aromatic carbocycles. The molecule has 4 nitrogen and oxygen atoms in total. The third-order valence-electron chi connectivity index (χ3n) is 2.79. The van der Waals surface area contributed by atoms with Gasteiger partial charge in [0, 0.05) is 10.4 Å². The van der Waals surface area contributed by atoms with Crippen molar-refractivity contribution in [2.75, 3.05) is 0 Å². The van der Waals surface area contributed by atoms with Gasteiger partial charge in [0.2, 0.25) is 0 Å². The smallest absolute Gasteiger partial charge is 0.358 e. The number of halogens is 2. The molecule has 0 atom stereocenters. The van der Waals surface area contributed by atoms with Crippen LogP contribution in [-0.4, -0.2) is 20.9 Å². The van der Waals surface area contributed by atoms with E-state index in [2.05, 4.69) is 5.10 Å². The number of rotatable bonds is 2. The molecule has 0 saturated heterocycles. The number of aromatic nitrogens is 2. The highest BCUT2D eigenvalue weighted by atomic mass is 35.5. The van der Waals surface area contributed by atoms with Gasteiger partial charge in [0.25, 0.3) is 0 Å². The Morgan fingerprint density at radius 3 is 2.45 bits per heavy atom. The molecule has 1 N–H and O–H groups in total. The monoisotopic (exact) mass is 312 g/mol. The van der Waals surface area contributed by atoms with Crippen LogP contribution in [-0.2, 0) is 5.41 Å². The van der Waals surface area contributed by atoms with Gasteiger partial charge >= 0.3 is 5.97 Å². The summed E-state index contributed by atoms with van der Waals surface area (Å²) in [6.07, 6.45) is 0. The van der Waals surface area contributed by atoms with Crippen molar-refractivity contribution in [1.82, 2.24) is 9.78 Å². The number of hydrogen-bond donors (Lipinski definition) is 1. The van der Waals surface area contributed by atoms with Crippen LogP contribution in [0.3, 0.4) is 0 Å². The molecule has 0 aliphatic carbocycles. The Hall–Kier alpha value is -1.52. The zero-order valence-corrected chi connectivity index (χ0v) is 12.8. The summed E-state index contributed by atoms with van der Waals surface area (Å²) in [6, 6.07) is 7.03. The first-order valence-electron chi connectivity index (χ1n) is 6.00. The second-order valence-electron chi connectivity index (χ2n) is 5.46. The molecule has 0 aliphatic rings. The number of aromatic carboxylic acids is 1. The van der Waals surface area contributed by atoms with Gasteiger partial charge < -0.3 is 5.11 Å². The molecule has 106 valence electrons. The van der Waals surface area contributed by atoms with Crippen molar-refractivity contribution < 1.29 is 9.90 Å². The predicted molar refractivity (Wildman–Crippen MR) is 79.2 cm³/mol. The summed E-state index contributed by atoms with van der Waals surface area (Å²) in [5.41, 5.74) is 0.798. The van der Waals surface area contributed by atoms with Crippen LogP contribution in [0.15, 0.2) is 24.3 Å². The summed E-state index contributed by atoms with van der Waals surface area (Å²) in [7, 11) is 0. The zero-order chi connectivity index (χ0) is 15.1. The highest BCUT2D eigenvalue weighted by molar-refractivity contribution is 6.34. The molecule has 20 heavy (non-hydrogen) atoms. The van der Waals surface area contributed by atoms with E-state index in [1.165, 1.54) is 4.68 Å². The summed E-state index contributed by atoms with van der Waals surface area (Å²) < 4.78 is 1.54. The number of nitrogens with zero attached hydrogens (tertiary/aromatic N) is 2. The molecule has 0 radical (unpaired) electrons. The molecule has 0 bridgehead atoms. The van der Waals surface area contributed by atoms with Gasteiger partial charge in [-0.3, -0.25) is 0 Å². The van der Waals surface area contributed by atoms with Crippen LogP contribution in [0.25, 0.3) is 5.69 Å². The Morgan fingerprint density at radius 2 is 1.95 bits per heavy atom. The van der Waals surface area contributed by atoms with Gasteiger partial charge in [-0.1, -0.05) is 50.0 Å². The zero-order valence-electron chi connectivity index (χ0n) is 11.3. The van der Waals surface area contributed by atoms with Crippen LogP contribution < -0.4 is 0 Å². The first-order chi connectivity index (χ1) is 9.21. The molecule has 2 aromatic rings. The van der Waals surface area contributed by atoms with Gasteiger partial charge in [0.15, 0.2) is 5.69 Å². The van der Waals surface area contributed by atoms with Crippen molar-refractivity contribution in [2.24, 2.45) is 0 Å². The molecule has 2 rings (SSSR count). The summed E-state index contributed by atoms with van der Waals surface area (Å²) in [6.45, 7) is 5.84. The van der Waals surface area contributed by atoms with Gasteiger partial charge in [0.05, 0.1) is 16.4 Å². The molecular formula is C14H14Cl2N2O2. The molecular weight excluding hydrogens is 299 g/mol. The minimum Gasteiger partial charge on any atom is -0.476 e. The van der Waals surface area contributed by atoms with Crippen molar-refractivity contribution >= 4 is 29.2 Å². The van der Waals surface area contributed by atoms with Crippen molar-refractivity contribution in [1.29, 1.82) is 0 Å². The number of carbonyl (C=O) groups is 1. The van der Waals surface area contributed by atoms with Crippen molar-refractivity contribution in [2.45, 2.75) is 26.2 Å². The average Bonchev–Trinajstić information content (AvgIpc) is 2.66. The number of benzene rings is 1.